The van der Waals surface area contributed by atoms with Gasteiger partial charge in [0.1, 0.15) is 5.82 Å². The maximum atomic E-state index is 14.3. The van der Waals surface area contributed by atoms with E-state index in [1.54, 1.807) is 6.07 Å². The van der Waals surface area contributed by atoms with Gasteiger partial charge in [-0.1, -0.05) is 6.07 Å². The van der Waals surface area contributed by atoms with Crippen LogP contribution in [0.5, 0.6) is 0 Å². The molecule has 0 aliphatic carbocycles. The molecule has 1 fully saturated rings. The summed E-state index contributed by atoms with van der Waals surface area (Å²) < 4.78 is 19.7. The van der Waals surface area contributed by atoms with Gasteiger partial charge in [-0.05, 0) is 45.4 Å². The SMILES string of the molecule is CC1COCCN1c1ccc(CNC(C)(C)C)cc1F. The van der Waals surface area contributed by atoms with Crippen molar-refractivity contribution >= 4 is 5.69 Å². The van der Waals surface area contributed by atoms with Gasteiger partial charge in [-0.2, -0.15) is 0 Å². The molecule has 1 N–H and O–H groups in total. The molecule has 2 rings (SSSR count). The van der Waals surface area contributed by atoms with E-state index >= 15 is 0 Å². The van der Waals surface area contributed by atoms with Gasteiger partial charge < -0.3 is 15.0 Å². The van der Waals surface area contributed by atoms with Crippen LogP contribution in [0.25, 0.3) is 0 Å². The summed E-state index contributed by atoms with van der Waals surface area (Å²) in [5.41, 5.74) is 1.69. The van der Waals surface area contributed by atoms with E-state index in [1.165, 1.54) is 0 Å². The second kappa shape index (κ2) is 6.10. The van der Waals surface area contributed by atoms with Crippen LogP contribution >= 0.6 is 0 Å². The van der Waals surface area contributed by atoms with Crippen molar-refractivity contribution in [2.75, 3.05) is 24.7 Å². The monoisotopic (exact) mass is 280 g/mol. The Labute approximate surface area is 121 Å². The van der Waals surface area contributed by atoms with Crippen LogP contribution in [0.2, 0.25) is 0 Å². The van der Waals surface area contributed by atoms with Gasteiger partial charge in [0, 0.05) is 24.7 Å². The van der Waals surface area contributed by atoms with Gasteiger partial charge in [-0.25, -0.2) is 4.39 Å². The number of morpholine rings is 1. The first-order valence-electron chi connectivity index (χ1n) is 7.25. The Bertz CT molecular complexity index is 456. The quantitative estimate of drug-likeness (QED) is 0.921. The van der Waals surface area contributed by atoms with Crippen molar-refractivity contribution in [2.45, 2.75) is 45.8 Å². The van der Waals surface area contributed by atoms with E-state index in [4.69, 9.17) is 4.74 Å². The molecule has 1 aliphatic heterocycles. The highest BCUT2D eigenvalue weighted by atomic mass is 19.1. The molecular formula is C16H25FN2O. The lowest BCUT2D eigenvalue weighted by Gasteiger charge is -2.35. The van der Waals surface area contributed by atoms with Crippen molar-refractivity contribution in [1.82, 2.24) is 5.32 Å². The van der Waals surface area contributed by atoms with Gasteiger partial charge >= 0.3 is 0 Å². The number of ether oxygens (including phenoxy) is 1. The molecule has 1 heterocycles. The summed E-state index contributed by atoms with van der Waals surface area (Å²) in [5.74, 6) is -0.146. The Balaban J connectivity index is 2.09. The lowest BCUT2D eigenvalue weighted by atomic mass is 10.1. The second-order valence-electron chi connectivity index (χ2n) is 6.51. The molecule has 0 amide bonds. The standard InChI is InChI=1S/C16H25FN2O/c1-12-11-20-8-7-19(12)15-6-5-13(9-14(15)17)10-18-16(2,3)4/h5-6,9,12,18H,7-8,10-11H2,1-4H3. The maximum Gasteiger partial charge on any atom is 0.146 e. The zero-order valence-electron chi connectivity index (χ0n) is 12.9. The minimum atomic E-state index is -0.146. The average molecular weight is 280 g/mol. The molecule has 1 aliphatic rings. The molecule has 4 heteroatoms. The van der Waals surface area contributed by atoms with E-state index in [9.17, 15) is 4.39 Å². The molecule has 1 unspecified atom stereocenters. The fourth-order valence-electron chi connectivity index (χ4n) is 2.35. The zero-order chi connectivity index (χ0) is 14.8. The first-order valence-corrected chi connectivity index (χ1v) is 7.25. The van der Waals surface area contributed by atoms with E-state index in [2.05, 4.69) is 37.9 Å². The molecule has 0 radical (unpaired) electrons. The first-order chi connectivity index (χ1) is 9.37. The Kier molecular flexibility index (Phi) is 4.66. The van der Waals surface area contributed by atoms with Gasteiger partial charge in [-0.15, -0.1) is 0 Å². The van der Waals surface area contributed by atoms with Crippen LogP contribution in [0.1, 0.15) is 33.3 Å². The minimum absolute atomic E-state index is 0.0356. The zero-order valence-corrected chi connectivity index (χ0v) is 12.9. The smallest absolute Gasteiger partial charge is 0.146 e. The molecule has 1 atom stereocenters. The van der Waals surface area contributed by atoms with Crippen LogP contribution in [-0.4, -0.2) is 31.3 Å². The van der Waals surface area contributed by atoms with Crippen LogP contribution in [-0.2, 0) is 11.3 Å². The lowest BCUT2D eigenvalue weighted by Crippen LogP contribution is -2.44. The summed E-state index contributed by atoms with van der Waals surface area (Å²) in [5, 5.41) is 3.37. The molecular weight excluding hydrogens is 255 g/mol. The Morgan fingerprint density at radius 2 is 2.15 bits per heavy atom. The number of rotatable bonds is 3. The Morgan fingerprint density at radius 3 is 2.75 bits per heavy atom. The molecule has 1 aromatic carbocycles. The number of hydrogen-bond donors (Lipinski definition) is 1. The maximum absolute atomic E-state index is 14.3. The third kappa shape index (κ3) is 3.93. The van der Waals surface area contributed by atoms with Crippen LogP contribution in [0.3, 0.4) is 0 Å². The predicted octanol–water partition coefficient (Wildman–Crippen LogP) is 2.94. The molecule has 112 valence electrons. The van der Waals surface area contributed by atoms with Gasteiger partial charge in [0.05, 0.1) is 18.9 Å². The molecule has 0 bridgehead atoms. The molecule has 3 nitrogen and oxygen atoms in total. The van der Waals surface area contributed by atoms with Gasteiger partial charge in [0.2, 0.25) is 0 Å². The van der Waals surface area contributed by atoms with Crippen LogP contribution < -0.4 is 10.2 Å². The molecule has 0 aromatic heterocycles. The molecule has 0 saturated carbocycles. The Morgan fingerprint density at radius 1 is 1.40 bits per heavy atom. The lowest BCUT2D eigenvalue weighted by molar-refractivity contribution is 0.0986. The molecule has 1 aromatic rings. The van der Waals surface area contributed by atoms with Crippen molar-refractivity contribution in [1.29, 1.82) is 0 Å². The second-order valence-corrected chi connectivity index (χ2v) is 6.51. The van der Waals surface area contributed by atoms with E-state index < -0.39 is 0 Å². The summed E-state index contributed by atoms with van der Waals surface area (Å²) in [6, 6.07) is 5.74. The van der Waals surface area contributed by atoms with Crippen LogP contribution in [0, 0.1) is 5.82 Å². The van der Waals surface area contributed by atoms with E-state index in [1.807, 2.05) is 12.1 Å². The molecule has 1 saturated heterocycles. The first kappa shape index (κ1) is 15.3. The molecule has 20 heavy (non-hydrogen) atoms. The third-order valence-electron chi connectivity index (χ3n) is 3.51. The highest BCUT2D eigenvalue weighted by Crippen LogP contribution is 2.24. The highest BCUT2D eigenvalue weighted by molar-refractivity contribution is 5.50. The fraction of sp³-hybridized carbons (Fsp3) is 0.625. The topological polar surface area (TPSA) is 24.5 Å². The summed E-state index contributed by atoms with van der Waals surface area (Å²) in [6.07, 6.45) is 0. The van der Waals surface area contributed by atoms with Crippen molar-refractivity contribution < 1.29 is 9.13 Å². The molecule has 0 spiro atoms. The van der Waals surface area contributed by atoms with E-state index in [0.717, 1.165) is 12.1 Å². The number of anilines is 1. The van der Waals surface area contributed by atoms with Gasteiger partial charge in [-0.3, -0.25) is 0 Å². The van der Waals surface area contributed by atoms with E-state index in [0.29, 0.717) is 25.4 Å². The average Bonchev–Trinajstić information content (AvgIpc) is 2.37. The highest BCUT2D eigenvalue weighted by Gasteiger charge is 2.21. The van der Waals surface area contributed by atoms with Crippen LogP contribution in [0.15, 0.2) is 18.2 Å². The Hall–Kier alpha value is -1.13. The van der Waals surface area contributed by atoms with Crippen LogP contribution in [0.4, 0.5) is 10.1 Å². The summed E-state index contributed by atoms with van der Waals surface area (Å²) in [6.45, 7) is 11.1. The number of benzene rings is 1. The van der Waals surface area contributed by atoms with Crippen molar-refractivity contribution in [2.24, 2.45) is 0 Å². The number of nitrogens with one attached hydrogen (secondary N) is 1. The largest absolute Gasteiger partial charge is 0.377 e. The van der Waals surface area contributed by atoms with Crippen molar-refractivity contribution in [3.8, 4) is 0 Å². The van der Waals surface area contributed by atoms with E-state index in [-0.39, 0.29) is 17.4 Å². The fourth-order valence-corrected chi connectivity index (χ4v) is 2.35. The van der Waals surface area contributed by atoms with Crippen molar-refractivity contribution in [3.05, 3.63) is 29.6 Å². The minimum Gasteiger partial charge on any atom is -0.377 e. The van der Waals surface area contributed by atoms with Gasteiger partial charge in [0.25, 0.3) is 0 Å². The number of hydrogen-bond acceptors (Lipinski definition) is 3. The third-order valence-corrected chi connectivity index (χ3v) is 3.51. The van der Waals surface area contributed by atoms with Crippen molar-refractivity contribution in [3.63, 3.8) is 0 Å². The summed E-state index contributed by atoms with van der Waals surface area (Å²) >= 11 is 0. The normalized spacial score (nSPS) is 20.2. The summed E-state index contributed by atoms with van der Waals surface area (Å²) in [4.78, 5) is 2.08. The predicted molar refractivity (Wildman–Crippen MR) is 80.6 cm³/mol. The summed E-state index contributed by atoms with van der Waals surface area (Å²) in [7, 11) is 0. The number of halogens is 1. The number of nitrogens with zero attached hydrogens (tertiary/aromatic N) is 1. The van der Waals surface area contributed by atoms with Gasteiger partial charge in [0.15, 0.2) is 0 Å².